The van der Waals surface area contributed by atoms with Crippen LogP contribution >= 0.6 is 0 Å². The van der Waals surface area contributed by atoms with E-state index in [1.807, 2.05) is 0 Å². The summed E-state index contributed by atoms with van der Waals surface area (Å²) in [5.74, 6) is 3.09. The highest BCUT2D eigenvalue weighted by atomic mass is 32.2. The van der Waals surface area contributed by atoms with E-state index in [1.165, 1.54) is 74.5 Å². The largest absolute Gasteiger partial charge is 0.481 e. The first-order valence-electron chi connectivity index (χ1n) is 20.4. The van der Waals surface area contributed by atoms with E-state index in [1.54, 1.807) is 0 Å². The predicted octanol–water partition coefficient (Wildman–Crippen LogP) is 8.45. The molecule has 0 amide bonds. The molecule has 0 spiro atoms. The molecule has 7 rings (SSSR count). The molecular formula is C43H68N2O4S. The molecule has 0 aromatic carbocycles. The Morgan fingerprint density at radius 1 is 0.940 bits per heavy atom. The fourth-order valence-electron chi connectivity index (χ4n) is 14.4. The van der Waals surface area contributed by atoms with Crippen molar-refractivity contribution in [1.82, 2.24) is 10.2 Å². The third-order valence-corrected chi connectivity index (χ3v) is 19.0. The molecule has 6 fully saturated rings. The molecule has 0 radical (unpaired) electrons. The number of carboxylic acids is 1. The van der Waals surface area contributed by atoms with E-state index in [2.05, 4.69) is 70.5 Å². The molecule has 6 aliphatic carbocycles. The normalized spacial score (nSPS) is 45.3. The van der Waals surface area contributed by atoms with Crippen LogP contribution in [0.5, 0.6) is 0 Å². The molecule has 7 heteroatoms. The fraction of sp³-hybridized carbons (Fsp3) is 0.837. The average molecular weight is 709 g/mol. The average Bonchev–Trinajstić information content (AvgIpc) is 3.44. The van der Waals surface area contributed by atoms with Crippen molar-refractivity contribution >= 4 is 15.8 Å². The number of hydrogen-bond acceptors (Lipinski definition) is 5. The minimum atomic E-state index is -2.85. The van der Waals surface area contributed by atoms with Gasteiger partial charge in [-0.3, -0.25) is 4.79 Å². The molecule has 1 heterocycles. The first-order valence-corrected chi connectivity index (χ1v) is 22.2. The second kappa shape index (κ2) is 12.9. The number of sulfone groups is 1. The molecule has 5 saturated carbocycles. The van der Waals surface area contributed by atoms with E-state index >= 15 is 0 Å². The molecule has 2 N–H and O–H groups in total. The quantitative estimate of drug-likeness (QED) is 0.258. The molecule has 0 bridgehead atoms. The van der Waals surface area contributed by atoms with E-state index in [0.717, 1.165) is 38.8 Å². The van der Waals surface area contributed by atoms with E-state index in [4.69, 9.17) is 0 Å². The van der Waals surface area contributed by atoms with Gasteiger partial charge in [-0.1, -0.05) is 64.5 Å². The molecule has 7 aliphatic rings. The van der Waals surface area contributed by atoms with Crippen molar-refractivity contribution in [3.05, 3.63) is 35.5 Å². The van der Waals surface area contributed by atoms with Gasteiger partial charge in [-0.25, -0.2) is 8.42 Å². The van der Waals surface area contributed by atoms with Crippen LogP contribution in [0.1, 0.15) is 125 Å². The molecular weight excluding hydrogens is 641 g/mol. The van der Waals surface area contributed by atoms with Crippen LogP contribution in [-0.4, -0.2) is 67.6 Å². The van der Waals surface area contributed by atoms with E-state index in [0.29, 0.717) is 65.0 Å². The van der Waals surface area contributed by atoms with E-state index < -0.39 is 15.8 Å². The highest BCUT2D eigenvalue weighted by Gasteiger charge is 2.70. The molecule has 9 unspecified atom stereocenters. The van der Waals surface area contributed by atoms with Crippen molar-refractivity contribution in [2.24, 2.45) is 57.2 Å². The van der Waals surface area contributed by atoms with Crippen molar-refractivity contribution in [2.75, 3.05) is 37.7 Å². The summed E-state index contributed by atoms with van der Waals surface area (Å²) in [5, 5.41) is 13.7. The second-order valence-corrected chi connectivity index (χ2v) is 22.1. The standard InChI is InChI=1S/C43H68N2O4S/c1-29(2)33-15-19-43(44-22-23-45-24-26-50(48,49)27-25-45)21-20-41(6)34(37(33)43)12-13-36-40(5)17-14-32(28-30-8-10-31(11-9-30)38(46)47)39(3,4)35(40)16-18-42(36,41)7/h14,28,31,33-37,44H,1,8-13,15-27H2,2-7H3,(H,46,47). The Hall–Kier alpha value is -1.44. The Balaban J connectivity index is 1.11. The Bertz CT molecular complexity index is 1520. The number of nitrogens with one attached hydrogen (secondary N) is 1. The summed E-state index contributed by atoms with van der Waals surface area (Å²) in [7, 11) is -2.85. The minimum Gasteiger partial charge on any atom is -0.481 e. The van der Waals surface area contributed by atoms with Gasteiger partial charge in [0.05, 0.1) is 17.4 Å². The van der Waals surface area contributed by atoms with Gasteiger partial charge >= 0.3 is 5.97 Å². The number of rotatable bonds is 7. The lowest BCUT2D eigenvalue weighted by Gasteiger charge is -2.72. The lowest BCUT2D eigenvalue weighted by atomic mass is 9.33. The monoisotopic (exact) mass is 708 g/mol. The Labute approximate surface area is 304 Å². The zero-order chi connectivity index (χ0) is 35.9. The molecule has 9 atom stereocenters. The summed E-state index contributed by atoms with van der Waals surface area (Å²) in [5.41, 5.74) is 5.54. The van der Waals surface area contributed by atoms with E-state index in [9.17, 15) is 18.3 Å². The van der Waals surface area contributed by atoms with Crippen LogP contribution in [0, 0.1) is 57.2 Å². The highest BCUT2D eigenvalue weighted by Crippen LogP contribution is 2.76. The van der Waals surface area contributed by atoms with Gasteiger partial charge in [-0.05, 0) is 147 Å². The zero-order valence-corrected chi connectivity index (χ0v) is 33.1. The van der Waals surface area contributed by atoms with Crippen LogP contribution in [-0.2, 0) is 14.6 Å². The molecule has 1 aliphatic heterocycles. The summed E-state index contributed by atoms with van der Waals surface area (Å²) in [6.45, 7) is 23.3. The van der Waals surface area contributed by atoms with Gasteiger partial charge in [0, 0.05) is 31.7 Å². The molecule has 1 saturated heterocycles. The lowest BCUT2D eigenvalue weighted by molar-refractivity contribution is -0.221. The van der Waals surface area contributed by atoms with Crippen LogP contribution in [0.2, 0.25) is 0 Å². The van der Waals surface area contributed by atoms with Gasteiger partial charge in [-0.2, -0.15) is 0 Å². The SMILES string of the molecule is C=C(C)C1CCC2(NCCN3CCS(=O)(=O)CC3)CCC3(C)C(CCC4C5(C)CC=C(C=C6CCC(C(=O)O)CC6)C(C)(C)C5CCC43C)C12. The molecule has 0 aromatic rings. The smallest absolute Gasteiger partial charge is 0.306 e. The van der Waals surface area contributed by atoms with Crippen molar-refractivity contribution in [1.29, 1.82) is 0 Å². The zero-order valence-electron chi connectivity index (χ0n) is 32.3. The maximum absolute atomic E-state index is 12.0. The summed E-state index contributed by atoms with van der Waals surface area (Å²) in [4.78, 5) is 13.9. The van der Waals surface area contributed by atoms with Crippen molar-refractivity contribution < 1.29 is 18.3 Å². The third kappa shape index (κ3) is 5.85. The molecule has 50 heavy (non-hydrogen) atoms. The highest BCUT2D eigenvalue weighted by molar-refractivity contribution is 7.91. The van der Waals surface area contributed by atoms with Crippen LogP contribution in [0.15, 0.2) is 35.5 Å². The van der Waals surface area contributed by atoms with Gasteiger partial charge < -0.3 is 15.3 Å². The molecule has 280 valence electrons. The number of aliphatic carboxylic acids is 1. The van der Waals surface area contributed by atoms with Gasteiger partial charge in [-0.15, -0.1) is 0 Å². The number of allylic oxidation sites excluding steroid dienone is 5. The van der Waals surface area contributed by atoms with Gasteiger partial charge in [0.15, 0.2) is 9.84 Å². The molecule has 0 aromatic heterocycles. The lowest BCUT2D eigenvalue weighted by Crippen LogP contribution is -2.68. The number of fused-ring (bicyclic) bond motifs is 7. The van der Waals surface area contributed by atoms with Gasteiger partial charge in [0.2, 0.25) is 0 Å². The van der Waals surface area contributed by atoms with Gasteiger partial charge in [0.1, 0.15) is 0 Å². The van der Waals surface area contributed by atoms with Crippen LogP contribution in [0.25, 0.3) is 0 Å². The summed E-state index contributed by atoms with van der Waals surface area (Å²) in [6, 6.07) is 0. The van der Waals surface area contributed by atoms with Crippen molar-refractivity contribution in [3.63, 3.8) is 0 Å². The number of nitrogens with zero attached hydrogens (tertiary/aromatic N) is 1. The maximum atomic E-state index is 12.0. The molecule has 6 nitrogen and oxygen atoms in total. The fourth-order valence-corrected chi connectivity index (χ4v) is 15.6. The Morgan fingerprint density at radius 3 is 2.30 bits per heavy atom. The van der Waals surface area contributed by atoms with Crippen molar-refractivity contribution in [3.8, 4) is 0 Å². The van der Waals surface area contributed by atoms with E-state index in [-0.39, 0.29) is 22.3 Å². The summed E-state index contributed by atoms with van der Waals surface area (Å²) < 4.78 is 24.1. The number of hydrogen-bond donors (Lipinski definition) is 2. The Morgan fingerprint density at radius 2 is 1.64 bits per heavy atom. The first-order chi connectivity index (χ1) is 23.5. The third-order valence-electron chi connectivity index (χ3n) is 17.4. The minimum absolute atomic E-state index is 0.114. The van der Waals surface area contributed by atoms with Crippen LogP contribution < -0.4 is 5.32 Å². The van der Waals surface area contributed by atoms with Gasteiger partial charge in [0.25, 0.3) is 0 Å². The number of carboxylic acid groups (broad SMARTS) is 1. The second-order valence-electron chi connectivity index (χ2n) is 19.8. The van der Waals surface area contributed by atoms with Crippen LogP contribution in [0.3, 0.4) is 0 Å². The number of carbonyl (C=O) groups is 1. The summed E-state index contributed by atoms with van der Waals surface area (Å²) in [6.07, 6.45) is 20.0. The first kappa shape index (κ1) is 36.9. The summed E-state index contributed by atoms with van der Waals surface area (Å²) >= 11 is 0. The maximum Gasteiger partial charge on any atom is 0.306 e. The van der Waals surface area contributed by atoms with Crippen LogP contribution in [0.4, 0.5) is 0 Å². The van der Waals surface area contributed by atoms with Crippen molar-refractivity contribution in [2.45, 2.75) is 131 Å². The Kier molecular flexibility index (Phi) is 9.49. The topological polar surface area (TPSA) is 86.7 Å². The predicted molar refractivity (Wildman–Crippen MR) is 204 cm³/mol.